The van der Waals surface area contributed by atoms with Crippen LogP contribution in [0.4, 0.5) is 0 Å². The fraction of sp³-hybridized carbons (Fsp3) is 0.333. The smallest absolute Gasteiger partial charge is 0.150 e. The van der Waals surface area contributed by atoms with Gasteiger partial charge in [-0.1, -0.05) is 0 Å². The van der Waals surface area contributed by atoms with Crippen LogP contribution in [0.1, 0.15) is 20.9 Å². The minimum atomic E-state index is 1.10. The molecule has 0 bridgehead atoms. The van der Waals surface area contributed by atoms with E-state index in [2.05, 4.69) is 27.7 Å². The Labute approximate surface area is 96.3 Å². The lowest BCUT2D eigenvalue weighted by molar-refractivity contribution is 0.664. The predicted molar refractivity (Wildman–Crippen MR) is 68.4 cm³/mol. The minimum absolute atomic E-state index is 1.10. The lowest BCUT2D eigenvalue weighted by atomic mass is 10.3. The van der Waals surface area contributed by atoms with Gasteiger partial charge >= 0.3 is 0 Å². The van der Waals surface area contributed by atoms with Crippen LogP contribution in [0, 0.1) is 27.7 Å². The van der Waals surface area contributed by atoms with Gasteiger partial charge in [-0.2, -0.15) is 0 Å². The summed E-state index contributed by atoms with van der Waals surface area (Å²) in [5.74, 6) is 0. The first-order valence-corrected chi connectivity index (χ1v) is 6.61. The van der Waals surface area contributed by atoms with E-state index in [0.717, 1.165) is 11.2 Å². The van der Waals surface area contributed by atoms with Crippen molar-refractivity contribution in [3.63, 3.8) is 0 Å². The van der Waals surface area contributed by atoms with Gasteiger partial charge in [0.2, 0.25) is 0 Å². The fourth-order valence-electron chi connectivity index (χ4n) is 1.86. The molecule has 0 atom stereocenters. The summed E-state index contributed by atoms with van der Waals surface area (Å²) in [6.07, 6.45) is 0. The Morgan fingerprint density at radius 3 is 1.53 bits per heavy atom. The molecule has 0 aliphatic heterocycles. The molecule has 1 nitrogen and oxygen atoms in total. The first-order chi connectivity index (χ1) is 7.09. The van der Waals surface area contributed by atoms with Crippen molar-refractivity contribution in [2.75, 3.05) is 0 Å². The van der Waals surface area contributed by atoms with Crippen molar-refractivity contribution in [1.29, 1.82) is 0 Å². The Morgan fingerprint density at radius 2 is 1.13 bits per heavy atom. The van der Waals surface area contributed by atoms with Crippen LogP contribution < -0.4 is 0 Å². The maximum Gasteiger partial charge on any atom is 0.150 e. The molecule has 0 spiro atoms. The average molecular weight is 236 g/mol. The number of hydrogen-bond donors (Lipinski definition) is 0. The molecule has 0 unspecified atom stereocenters. The van der Waals surface area contributed by atoms with Crippen molar-refractivity contribution in [2.45, 2.75) is 27.7 Å². The minimum Gasteiger partial charge on any atom is -0.454 e. The molecule has 0 amide bonds. The molecular formula is C12H12OS2. The van der Waals surface area contributed by atoms with Gasteiger partial charge in [0.1, 0.15) is 11.2 Å². The van der Waals surface area contributed by atoms with Crippen LogP contribution in [-0.2, 0) is 0 Å². The third kappa shape index (κ3) is 1.08. The number of hydrogen-bond acceptors (Lipinski definition) is 3. The van der Waals surface area contributed by atoms with Crippen LogP contribution in [0.25, 0.3) is 20.6 Å². The monoisotopic (exact) mass is 236 g/mol. The van der Waals surface area contributed by atoms with Gasteiger partial charge in [-0.3, -0.25) is 0 Å². The molecule has 15 heavy (non-hydrogen) atoms. The second kappa shape index (κ2) is 2.86. The molecule has 0 fully saturated rings. The molecule has 3 rings (SSSR count). The number of fused-ring (bicyclic) bond motifs is 3. The lowest BCUT2D eigenvalue weighted by Crippen LogP contribution is -1.69. The van der Waals surface area contributed by atoms with Crippen LogP contribution in [0.2, 0.25) is 0 Å². The van der Waals surface area contributed by atoms with Gasteiger partial charge in [-0.05, 0) is 27.7 Å². The highest BCUT2D eigenvalue weighted by Crippen LogP contribution is 2.43. The second-order valence-electron chi connectivity index (χ2n) is 3.99. The van der Waals surface area contributed by atoms with Crippen LogP contribution in [-0.4, -0.2) is 0 Å². The number of aryl methyl sites for hydroxylation is 4. The van der Waals surface area contributed by atoms with E-state index >= 15 is 0 Å². The van der Waals surface area contributed by atoms with Gasteiger partial charge in [-0.25, -0.2) is 0 Å². The normalized spacial score (nSPS) is 12.0. The first kappa shape index (κ1) is 9.43. The van der Waals surface area contributed by atoms with E-state index in [1.807, 2.05) is 22.7 Å². The van der Waals surface area contributed by atoms with Gasteiger partial charge in [0.15, 0.2) is 0 Å². The molecule has 78 valence electrons. The second-order valence-corrected chi connectivity index (χ2v) is 6.43. The number of furan rings is 1. The van der Waals surface area contributed by atoms with E-state index in [-0.39, 0.29) is 0 Å². The maximum absolute atomic E-state index is 5.98. The van der Waals surface area contributed by atoms with Crippen molar-refractivity contribution in [2.24, 2.45) is 0 Å². The average Bonchev–Trinajstić information content (AvgIpc) is 2.75. The Bertz CT molecular complexity index is 610. The van der Waals surface area contributed by atoms with E-state index in [1.165, 1.54) is 30.3 Å². The molecule has 0 aliphatic rings. The molecule has 0 aliphatic carbocycles. The van der Waals surface area contributed by atoms with Gasteiger partial charge in [0.25, 0.3) is 0 Å². The largest absolute Gasteiger partial charge is 0.454 e. The van der Waals surface area contributed by atoms with Crippen molar-refractivity contribution >= 4 is 43.2 Å². The van der Waals surface area contributed by atoms with Gasteiger partial charge in [0, 0.05) is 20.9 Å². The maximum atomic E-state index is 5.98. The molecule has 3 aromatic rings. The molecule has 3 heteroatoms. The van der Waals surface area contributed by atoms with E-state index < -0.39 is 0 Å². The molecule has 0 N–H and O–H groups in total. The van der Waals surface area contributed by atoms with Crippen molar-refractivity contribution in [3.05, 3.63) is 20.9 Å². The van der Waals surface area contributed by atoms with E-state index in [1.54, 1.807) is 0 Å². The third-order valence-electron chi connectivity index (χ3n) is 3.07. The molecule has 3 heterocycles. The van der Waals surface area contributed by atoms with Crippen LogP contribution >= 0.6 is 22.7 Å². The summed E-state index contributed by atoms with van der Waals surface area (Å²) in [6, 6.07) is 0. The van der Waals surface area contributed by atoms with Crippen LogP contribution in [0.15, 0.2) is 4.42 Å². The number of rotatable bonds is 0. The van der Waals surface area contributed by atoms with E-state index in [9.17, 15) is 0 Å². The SMILES string of the molecule is Cc1sc2c(oc3c(C)c(C)sc32)c1C. The summed E-state index contributed by atoms with van der Waals surface area (Å²) in [6.45, 7) is 8.61. The zero-order valence-corrected chi connectivity index (χ0v) is 10.9. The van der Waals surface area contributed by atoms with Crippen molar-refractivity contribution < 1.29 is 4.42 Å². The Morgan fingerprint density at radius 1 is 0.733 bits per heavy atom. The summed E-state index contributed by atoms with van der Waals surface area (Å²) in [5.41, 5.74) is 4.80. The first-order valence-electron chi connectivity index (χ1n) is 4.97. The molecule has 3 aromatic heterocycles. The number of thiophene rings is 2. The lowest BCUT2D eigenvalue weighted by Gasteiger charge is -1.88. The molecule has 0 saturated carbocycles. The third-order valence-corrected chi connectivity index (χ3v) is 5.61. The van der Waals surface area contributed by atoms with Gasteiger partial charge in [0.05, 0.1) is 9.40 Å². The summed E-state index contributed by atoms with van der Waals surface area (Å²) in [5, 5.41) is 0. The fourth-order valence-corrected chi connectivity index (χ4v) is 4.16. The predicted octanol–water partition coefficient (Wildman–Crippen LogP) is 4.94. The van der Waals surface area contributed by atoms with Crippen molar-refractivity contribution in [3.8, 4) is 0 Å². The zero-order valence-electron chi connectivity index (χ0n) is 9.22. The Balaban J connectivity index is 2.57. The van der Waals surface area contributed by atoms with Crippen molar-refractivity contribution in [1.82, 2.24) is 0 Å². The Kier molecular flexibility index (Phi) is 1.80. The topological polar surface area (TPSA) is 13.1 Å². The highest BCUT2D eigenvalue weighted by atomic mass is 32.1. The Hall–Kier alpha value is -0.800. The molecule has 0 radical (unpaired) electrons. The molecule has 0 saturated heterocycles. The highest BCUT2D eigenvalue weighted by molar-refractivity contribution is 7.27. The summed E-state index contributed by atoms with van der Waals surface area (Å²) < 4.78 is 8.65. The van der Waals surface area contributed by atoms with E-state index in [0.29, 0.717) is 0 Å². The summed E-state index contributed by atoms with van der Waals surface area (Å²) in [4.78, 5) is 2.74. The van der Waals surface area contributed by atoms with Crippen LogP contribution in [0.5, 0.6) is 0 Å². The molecule has 0 aromatic carbocycles. The molecular weight excluding hydrogens is 224 g/mol. The van der Waals surface area contributed by atoms with Crippen LogP contribution in [0.3, 0.4) is 0 Å². The summed E-state index contributed by atoms with van der Waals surface area (Å²) >= 11 is 3.71. The quantitative estimate of drug-likeness (QED) is 0.538. The highest BCUT2D eigenvalue weighted by Gasteiger charge is 2.18. The standard InChI is InChI=1S/C12H12OS2/c1-5-7(3)14-11-9(5)13-10-6(2)8(4)15-12(10)11/h1-4H3. The zero-order chi connectivity index (χ0) is 10.7. The van der Waals surface area contributed by atoms with Gasteiger partial charge < -0.3 is 4.42 Å². The summed E-state index contributed by atoms with van der Waals surface area (Å²) in [7, 11) is 0. The van der Waals surface area contributed by atoms with Gasteiger partial charge in [-0.15, -0.1) is 22.7 Å². The van der Waals surface area contributed by atoms with E-state index in [4.69, 9.17) is 4.42 Å².